The first-order valence-corrected chi connectivity index (χ1v) is 11.5. The molecular weight excluding hydrogens is 380 g/mol. The van der Waals surface area contributed by atoms with Crippen LogP contribution in [0.1, 0.15) is 86.5 Å². The lowest BCUT2D eigenvalue weighted by Crippen LogP contribution is -2.60. The highest BCUT2D eigenvalue weighted by Gasteiger charge is 2.65. The number of rotatable bonds is 5. The average molecular weight is 421 g/mol. The molecule has 1 saturated heterocycles. The van der Waals surface area contributed by atoms with Crippen LogP contribution in [0.5, 0.6) is 0 Å². The molecule has 2 aliphatic carbocycles. The number of allylic oxidation sites excluding steroid dienone is 1. The summed E-state index contributed by atoms with van der Waals surface area (Å²) in [5.74, 6) is -0.0882. The minimum absolute atomic E-state index is 0.0586. The Labute approximate surface area is 181 Å². The molecule has 5 heteroatoms. The van der Waals surface area contributed by atoms with Crippen LogP contribution in [0.3, 0.4) is 0 Å². The van der Waals surface area contributed by atoms with Crippen molar-refractivity contribution in [2.75, 3.05) is 13.7 Å². The summed E-state index contributed by atoms with van der Waals surface area (Å²) >= 11 is 0. The fourth-order valence-electron chi connectivity index (χ4n) is 6.64. The molecule has 0 amide bonds. The first kappa shape index (κ1) is 23.3. The zero-order chi connectivity index (χ0) is 22.4. The summed E-state index contributed by atoms with van der Waals surface area (Å²) in [7, 11) is 1.44. The van der Waals surface area contributed by atoms with Gasteiger partial charge in [-0.15, -0.1) is 0 Å². The lowest BCUT2D eigenvalue weighted by atomic mass is 9.46. The van der Waals surface area contributed by atoms with Gasteiger partial charge in [0.1, 0.15) is 0 Å². The van der Waals surface area contributed by atoms with Crippen LogP contribution < -0.4 is 0 Å². The Balaban J connectivity index is 1.91. The normalized spacial score (nSPS) is 40.8. The molecule has 5 atom stereocenters. The molecule has 1 spiro atoms. The Morgan fingerprint density at radius 3 is 2.50 bits per heavy atom. The molecule has 0 aromatic carbocycles. The predicted molar refractivity (Wildman–Crippen MR) is 116 cm³/mol. The minimum Gasteiger partial charge on any atom is -0.469 e. The second-order valence-electron chi connectivity index (χ2n) is 11.0. The SMILES string of the molecule is COC(=O)CC1(C)CCC2(O1)C(C)=CCC1C(C)(COC(=O)C(C)C)CCCC12C. The van der Waals surface area contributed by atoms with Gasteiger partial charge in [0.2, 0.25) is 0 Å². The van der Waals surface area contributed by atoms with Gasteiger partial charge in [-0.3, -0.25) is 9.59 Å². The average Bonchev–Trinajstić information content (AvgIpc) is 3.03. The van der Waals surface area contributed by atoms with E-state index in [0.717, 1.165) is 38.5 Å². The molecule has 30 heavy (non-hydrogen) atoms. The monoisotopic (exact) mass is 420 g/mol. The van der Waals surface area contributed by atoms with Gasteiger partial charge in [0.25, 0.3) is 0 Å². The smallest absolute Gasteiger partial charge is 0.308 e. The standard InChI is InChI=1S/C25H40O5/c1-17(2)21(27)29-16-22(4)11-8-12-24(6)19(22)10-9-18(3)25(24)14-13-23(5,30-25)15-20(26)28-7/h9,17,19H,8,10-16H2,1-7H3. The lowest BCUT2D eigenvalue weighted by Gasteiger charge is -2.61. The van der Waals surface area contributed by atoms with Crippen LogP contribution in [0.2, 0.25) is 0 Å². The van der Waals surface area contributed by atoms with Crippen LogP contribution in [0.4, 0.5) is 0 Å². The third kappa shape index (κ3) is 3.72. The van der Waals surface area contributed by atoms with Crippen molar-refractivity contribution in [3.63, 3.8) is 0 Å². The highest BCUT2D eigenvalue weighted by atomic mass is 16.5. The summed E-state index contributed by atoms with van der Waals surface area (Å²) < 4.78 is 17.6. The summed E-state index contributed by atoms with van der Waals surface area (Å²) in [6.45, 7) is 13.1. The molecule has 3 rings (SSSR count). The van der Waals surface area contributed by atoms with Crippen molar-refractivity contribution in [1.29, 1.82) is 0 Å². The predicted octanol–water partition coefficient (Wildman–Crippen LogP) is 5.22. The Bertz CT molecular complexity index is 727. The van der Waals surface area contributed by atoms with E-state index in [1.165, 1.54) is 12.7 Å². The second-order valence-corrected chi connectivity index (χ2v) is 11.0. The van der Waals surface area contributed by atoms with Gasteiger partial charge in [0.05, 0.1) is 37.3 Å². The Hall–Kier alpha value is -1.36. The molecule has 1 saturated carbocycles. The van der Waals surface area contributed by atoms with E-state index in [2.05, 4.69) is 26.8 Å². The van der Waals surface area contributed by atoms with Crippen molar-refractivity contribution < 1.29 is 23.8 Å². The molecule has 0 radical (unpaired) electrons. The van der Waals surface area contributed by atoms with Crippen LogP contribution in [0.25, 0.3) is 0 Å². The van der Waals surface area contributed by atoms with Gasteiger partial charge in [-0.1, -0.05) is 40.2 Å². The summed E-state index contributed by atoms with van der Waals surface area (Å²) in [6, 6.07) is 0. The maximum atomic E-state index is 12.2. The van der Waals surface area contributed by atoms with Gasteiger partial charge in [0.15, 0.2) is 0 Å². The molecule has 2 fully saturated rings. The van der Waals surface area contributed by atoms with E-state index >= 15 is 0 Å². The Kier molecular flexibility index (Phi) is 6.18. The maximum absolute atomic E-state index is 12.2. The van der Waals surface area contributed by atoms with Crippen molar-refractivity contribution in [2.45, 2.75) is 97.7 Å². The molecule has 1 heterocycles. The van der Waals surface area contributed by atoms with E-state index in [1.807, 2.05) is 20.8 Å². The second kappa shape index (κ2) is 7.96. The van der Waals surface area contributed by atoms with Gasteiger partial charge in [0, 0.05) is 10.8 Å². The third-order valence-electron chi connectivity index (χ3n) is 8.46. The van der Waals surface area contributed by atoms with E-state index in [-0.39, 0.29) is 40.7 Å². The van der Waals surface area contributed by atoms with E-state index in [0.29, 0.717) is 12.5 Å². The summed E-state index contributed by atoms with van der Waals surface area (Å²) in [6.07, 6.45) is 8.59. The molecule has 1 aliphatic heterocycles. The maximum Gasteiger partial charge on any atom is 0.308 e. The van der Waals surface area contributed by atoms with Gasteiger partial charge >= 0.3 is 11.9 Å². The number of hydrogen-bond acceptors (Lipinski definition) is 5. The van der Waals surface area contributed by atoms with E-state index in [9.17, 15) is 9.59 Å². The number of methoxy groups -OCH3 is 1. The van der Waals surface area contributed by atoms with Crippen molar-refractivity contribution in [1.82, 2.24) is 0 Å². The van der Waals surface area contributed by atoms with Crippen LogP contribution >= 0.6 is 0 Å². The van der Waals surface area contributed by atoms with Crippen LogP contribution in [-0.2, 0) is 23.8 Å². The van der Waals surface area contributed by atoms with Crippen LogP contribution in [0, 0.1) is 22.7 Å². The van der Waals surface area contributed by atoms with Crippen LogP contribution in [-0.4, -0.2) is 36.9 Å². The first-order chi connectivity index (χ1) is 13.9. The van der Waals surface area contributed by atoms with Gasteiger partial charge in [-0.05, 0) is 57.4 Å². The number of carbonyl (C=O) groups excluding carboxylic acids is 2. The molecule has 0 aromatic heterocycles. The van der Waals surface area contributed by atoms with Gasteiger partial charge in [-0.2, -0.15) is 0 Å². The number of esters is 2. The van der Waals surface area contributed by atoms with Crippen molar-refractivity contribution in [3.8, 4) is 0 Å². The van der Waals surface area contributed by atoms with Gasteiger partial charge < -0.3 is 14.2 Å². The molecule has 3 aliphatic rings. The topological polar surface area (TPSA) is 61.8 Å². The number of carbonyl (C=O) groups is 2. The fraction of sp³-hybridized carbons (Fsp3) is 0.840. The fourth-order valence-corrected chi connectivity index (χ4v) is 6.64. The quantitative estimate of drug-likeness (QED) is 0.451. The summed E-state index contributed by atoms with van der Waals surface area (Å²) in [5, 5.41) is 0. The summed E-state index contributed by atoms with van der Waals surface area (Å²) in [5.41, 5.74) is 0.273. The van der Waals surface area contributed by atoms with E-state index in [4.69, 9.17) is 14.2 Å². The van der Waals surface area contributed by atoms with Crippen LogP contribution in [0.15, 0.2) is 11.6 Å². The number of hydrogen-bond donors (Lipinski definition) is 0. The molecule has 0 bridgehead atoms. The molecule has 5 unspecified atom stereocenters. The number of ether oxygens (including phenoxy) is 3. The highest BCUT2D eigenvalue weighted by Crippen LogP contribution is 2.66. The zero-order valence-corrected chi connectivity index (χ0v) is 19.9. The van der Waals surface area contributed by atoms with Crippen molar-refractivity contribution in [3.05, 3.63) is 11.6 Å². The Morgan fingerprint density at radius 1 is 1.17 bits per heavy atom. The third-order valence-corrected chi connectivity index (χ3v) is 8.46. The lowest BCUT2D eigenvalue weighted by molar-refractivity contribution is -0.202. The minimum atomic E-state index is -0.509. The molecule has 0 aromatic rings. The van der Waals surface area contributed by atoms with Gasteiger partial charge in [-0.25, -0.2) is 0 Å². The summed E-state index contributed by atoms with van der Waals surface area (Å²) in [4.78, 5) is 24.2. The Morgan fingerprint density at radius 2 is 1.87 bits per heavy atom. The zero-order valence-electron chi connectivity index (χ0n) is 19.9. The molecular formula is C25H40O5. The highest BCUT2D eigenvalue weighted by molar-refractivity contribution is 5.71. The van der Waals surface area contributed by atoms with Crippen molar-refractivity contribution in [2.24, 2.45) is 22.7 Å². The molecule has 5 nitrogen and oxygen atoms in total. The molecule has 170 valence electrons. The number of fused-ring (bicyclic) bond motifs is 2. The molecule has 0 N–H and O–H groups in total. The van der Waals surface area contributed by atoms with Crippen molar-refractivity contribution >= 4 is 11.9 Å². The van der Waals surface area contributed by atoms with E-state index < -0.39 is 5.60 Å². The largest absolute Gasteiger partial charge is 0.469 e. The first-order valence-electron chi connectivity index (χ1n) is 11.5. The van der Waals surface area contributed by atoms with E-state index in [1.54, 1.807) is 0 Å².